The van der Waals surface area contributed by atoms with E-state index in [2.05, 4.69) is 4.72 Å². The summed E-state index contributed by atoms with van der Waals surface area (Å²) in [5, 5.41) is 1.95. The van der Waals surface area contributed by atoms with E-state index in [1.165, 1.54) is 17.4 Å². The van der Waals surface area contributed by atoms with Gasteiger partial charge in [-0.1, -0.05) is 19.9 Å². The Morgan fingerprint density at radius 3 is 2.60 bits per heavy atom. The van der Waals surface area contributed by atoms with Crippen molar-refractivity contribution in [2.45, 2.75) is 24.0 Å². The Morgan fingerprint density at radius 1 is 1.40 bits per heavy atom. The van der Waals surface area contributed by atoms with Crippen LogP contribution in [0.25, 0.3) is 0 Å². The van der Waals surface area contributed by atoms with Gasteiger partial charge in [-0.05, 0) is 23.4 Å². The largest absolute Gasteiger partial charge is 0.366 e. The third-order valence-corrected chi connectivity index (χ3v) is 6.80. The van der Waals surface area contributed by atoms with Gasteiger partial charge in [-0.15, -0.1) is 22.7 Å². The monoisotopic (exact) mass is 330 g/mol. The van der Waals surface area contributed by atoms with Crippen LogP contribution in [0.4, 0.5) is 5.00 Å². The van der Waals surface area contributed by atoms with E-state index in [9.17, 15) is 13.2 Å². The summed E-state index contributed by atoms with van der Waals surface area (Å²) in [6.45, 7) is 3.93. The van der Waals surface area contributed by atoms with E-state index in [4.69, 9.17) is 5.73 Å². The quantitative estimate of drug-likeness (QED) is 0.883. The van der Waals surface area contributed by atoms with Crippen LogP contribution in [0.3, 0.4) is 0 Å². The van der Waals surface area contributed by atoms with Gasteiger partial charge in [-0.2, -0.15) is 0 Å². The molecule has 0 fully saturated rings. The Bertz CT molecular complexity index is 715. The normalized spacial score (nSPS) is 11.8. The van der Waals surface area contributed by atoms with E-state index < -0.39 is 15.9 Å². The summed E-state index contributed by atoms with van der Waals surface area (Å²) < 4.78 is 27.0. The van der Waals surface area contributed by atoms with Crippen LogP contribution in [-0.4, -0.2) is 14.3 Å². The lowest BCUT2D eigenvalue weighted by molar-refractivity contribution is 0.100. The second-order valence-corrected chi connectivity index (χ2v) is 8.39. The average molecular weight is 330 g/mol. The predicted molar refractivity (Wildman–Crippen MR) is 82.1 cm³/mol. The summed E-state index contributed by atoms with van der Waals surface area (Å²) in [5.41, 5.74) is 5.51. The molecule has 0 saturated heterocycles. The van der Waals surface area contributed by atoms with E-state index in [0.29, 0.717) is 0 Å². The smallest absolute Gasteiger partial charge is 0.272 e. The van der Waals surface area contributed by atoms with Crippen LogP contribution >= 0.6 is 22.7 Å². The van der Waals surface area contributed by atoms with Crippen molar-refractivity contribution in [1.29, 1.82) is 0 Å². The molecular weight excluding hydrogens is 316 g/mol. The molecule has 108 valence electrons. The number of amides is 1. The number of primary amides is 1. The van der Waals surface area contributed by atoms with E-state index in [-0.39, 0.29) is 20.7 Å². The Morgan fingerprint density at radius 2 is 2.10 bits per heavy atom. The molecule has 3 N–H and O–H groups in total. The van der Waals surface area contributed by atoms with Gasteiger partial charge >= 0.3 is 0 Å². The van der Waals surface area contributed by atoms with Crippen LogP contribution in [-0.2, 0) is 10.0 Å². The molecule has 2 rings (SSSR count). The maximum absolute atomic E-state index is 12.2. The zero-order valence-electron chi connectivity index (χ0n) is 10.9. The van der Waals surface area contributed by atoms with Crippen LogP contribution in [0, 0.1) is 0 Å². The maximum atomic E-state index is 12.2. The molecule has 0 bridgehead atoms. The minimum absolute atomic E-state index is 0.193. The van der Waals surface area contributed by atoms with Crippen LogP contribution < -0.4 is 10.5 Å². The number of hydrogen-bond acceptors (Lipinski definition) is 5. The number of nitrogens with two attached hydrogens (primary N) is 1. The molecule has 0 aliphatic carbocycles. The third-order valence-electron chi connectivity index (χ3n) is 2.57. The third kappa shape index (κ3) is 3.02. The summed E-state index contributed by atoms with van der Waals surface area (Å²) in [5.74, 6) is -0.449. The Kier molecular flexibility index (Phi) is 4.17. The number of carbonyl (C=O) groups is 1. The van der Waals surface area contributed by atoms with Gasteiger partial charge < -0.3 is 5.73 Å². The molecule has 1 amide bonds. The lowest BCUT2D eigenvalue weighted by Crippen LogP contribution is -2.16. The second-order valence-electron chi connectivity index (χ2n) is 4.45. The molecule has 2 aromatic rings. The maximum Gasteiger partial charge on any atom is 0.272 e. The highest BCUT2D eigenvalue weighted by atomic mass is 32.2. The molecule has 0 atom stereocenters. The standard InChI is InChI=1S/C12H14N2O3S3/c1-7(2)9-6-8(11(13)15)12(19-9)14-20(16,17)10-4-3-5-18-10/h3-7,14H,1-2H3,(H2,13,15). The van der Waals surface area contributed by atoms with Crippen molar-refractivity contribution in [2.75, 3.05) is 4.72 Å². The zero-order chi connectivity index (χ0) is 14.9. The van der Waals surface area contributed by atoms with Gasteiger partial charge in [0.1, 0.15) is 9.21 Å². The average Bonchev–Trinajstić information content (AvgIpc) is 2.96. The number of anilines is 1. The van der Waals surface area contributed by atoms with Crippen LogP contribution in [0.1, 0.15) is 35.0 Å². The predicted octanol–water partition coefficient (Wildman–Crippen LogP) is 2.83. The molecule has 5 nitrogen and oxygen atoms in total. The summed E-state index contributed by atoms with van der Waals surface area (Å²) in [4.78, 5) is 12.3. The Hall–Kier alpha value is -1.38. The topological polar surface area (TPSA) is 89.3 Å². The number of carbonyl (C=O) groups excluding carboxylic acids is 1. The fourth-order valence-corrected chi connectivity index (χ4v) is 4.91. The molecule has 0 spiro atoms. The summed E-state index contributed by atoms with van der Waals surface area (Å²) in [6.07, 6.45) is 0. The van der Waals surface area contributed by atoms with Gasteiger partial charge in [0.25, 0.3) is 15.9 Å². The first-order chi connectivity index (χ1) is 9.31. The van der Waals surface area contributed by atoms with E-state index in [1.807, 2.05) is 13.8 Å². The molecule has 0 radical (unpaired) electrons. The first-order valence-corrected chi connectivity index (χ1v) is 8.99. The van der Waals surface area contributed by atoms with Gasteiger partial charge in [-0.25, -0.2) is 8.42 Å². The number of nitrogens with one attached hydrogen (secondary N) is 1. The Labute approximate surface area is 125 Å². The molecule has 20 heavy (non-hydrogen) atoms. The minimum Gasteiger partial charge on any atom is -0.366 e. The van der Waals surface area contributed by atoms with Gasteiger partial charge in [-0.3, -0.25) is 9.52 Å². The van der Waals surface area contributed by atoms with Crippen LogP contribution in [0.5, 0.6) is 0 Å². The van der Waals surface area contributed by atoms with Crippen molar-refractivity contribution in [3.8, 4) is 0 Å². The van der Waals surface area contributed by atoms with Crippen molar-refractivity contribution in [3.63, 3.8) is 0 Å². The van der Waals surface area contributed by atoms with Crippen LogP contribution in [0.15, 0.2) is 27.8 Å². The minimum atomic E-state index is -3.67. The fraction of sp³-hybridized carbons (Fsp3) is 0.250. The molecule has 0 aromatic carbocycles. The van der Waals surface area contributed by atoms with Crippen molar-refractivity contribution >= 4 is 43.6 Å². The molecular formula is C12H14N2O3S3. The summed E-state index contributed by atoms with van der Waals surface area (Å²) in [6, 6.07) is 4.81. The number of sulfonamides is 1. The molecule has 0 saturated carbocycles. The van der Waals surface area contributed by atoms with E-state index >= 15 is 0 Å². The summed E-state index contributed by atoms with van der Waals surface area (Å²) >= 11 is 2.35. The highest BCUT2D eigenvalue weighted by Crippen LogP contribution is 2.34. The zero-order valence-corrected chi connectivity index (χ0v) is 13.4. The molecule has 2 heterocycles. The van der Waals surface area contributed by atoms with E-state index in [1.54, 1.807) is 17.5 Å². The van der Waals surface area contributed by atoms with Gasteiger partial charge in [0.15, 0.2) is 0 Å². The lowest BCUT2D eigenvalue weighted by atomic mass is 10.1. The van der Waals surface area contributed by atoms with Gasteiger partial charge in [0.2, 0.25) is 0 Å². The number of thiophene rings is 2. The second kappa shape index (κ2) is 5.55. The first-order valence-electron chi connectivity index (χ1n) is 5.81. The number of hydrogen-bond donors (Lipinski definition) is 2. The SMILES string of the molecule is CC(C)c1cc(C(N)=O)c(NS(=O)(=O)c2cccs2)s1. The van der Waals surface area contributed by atoms with Crippen molar-refractivity contribution < 1.29 is 13.2 Å². The summed E-state index contributed by atoms with van der Waals surface area (Å²) in [7, 11) is -3.67. The molecule has 0 unspecified atom stereocenters. The highest BCUT2D eigenvalue weighted by Gasteiger charge is 2.22. The fourth-order valence-electron chi connectivity index (χ4n) is 1.54. The molecule has 0 aliphatic heterocycles. The van der Waals surface area contributed by atoms with Crippen molar-refractivity contribution in [2.24, 2.45) is 5.73 Å². The van der Waals surface area contributed by atoms with Gasteiger partial charge in [0.05, 0.1) is 5.56 Å². The lowest BCUT2D eigenvalue weighted by Gasteiger charge is -2.05. The van der Waals surface area contributed by atoms with E-state index in [0.717, 1.165) is 16.2 Å². The molecule has 0 aliphatic rings. The van der Waals surface area contributed by atoms with Crippen LogP contribution in [0.2, 0.25) is 0 Å². The van der Waals surface area contributed by atoms with Crippen molar-refractivity contribution in [1.82, 2.24) is 0 Å². The number of rotatable bonds is 5. The molecule has 2 aromatic heterocycles. The molecule has 8 heteroatoms. The van der Waals surface area contributed by atoms with Crippen molar-refractivity contribution in [3.05, 3.63) is 34.0 Å². The Balaban J connectivity index is 2.41. The highest BCUT2D eigenvalue weighted by molar-refractivity contribution is 7.94. The van der Waals surface area contributed by atoms with Gasteiger partial charge in [0, 0.05) is 4.88 Å². The first kappa shape index (κ1) is 15.0.